The third kappa shape index (κ3) is 2.70. The van der Waals surface area contributed by atoms with E-state index in [1.54, 1.807) is 13.0 Å². The van der Waals surface area contributed by atoms with Gasteiger partial charge < -0.3 is 0 Å². The molecule has 0 aromatic heterocycles. The minimum absolute atomic E-state index is 0.123. The van der Waals surface area contributed by atoms with Crippen molar-refractivity contribution in [1.29, 1.82) is 0 Å². The van der Waals surface area contributed by atoms with E-state index in [4.69, 9.17) is 0 Å². The molecule has 68 valence electrons. The smallest absolute Gasteiger partial charge is 0.232 e. The molecule has 0 aliphatic heterocycles. The second-order valence-corrected chi connectivity index (χ2v) is 4.66. The summed E-state index contributed by atoms with van der Waals surface area (Å²) in [6.45, 7) is 1.62. The van der Waals surface area contributed by atoms with Gasteiger partial charge in [-0.05, 0) is 25.8 Å². The first kappa shape index (κ1) is 9.32. The summed E-state index contributed by atoms with van der Waals surface area (Å²) in [5.41, 5.74) is 0.697. The number of allylic oxidation sites excluding steroid dienone is 3. The van der Waals surface area contributed by atoms with Crippen LogP contribution in [0.15, 0.2) is 23.9 Å². The average molecular weight is 187 g/mol. The molecule has 0 aromatic rings. The van der Waals surface area contributed by atoms with Gasteiger partial charge >= 0.3 is 0 Å². The number of nitrogens with one attached hydrogen (secondary N) is 1. The number of sulfonamides is 1. The minimum Gasteiger partial charge on any atom is -0.284 e. The van der Waals surface area contributed by atoms with E-state index in [0.29, 0.717) is 5.70 Å². The molecule has 0 amide bonds. The van der Waals surface area contributed by atoms with Gasteiger partial charge in [0.15, 0.2) is 0 Å². The Balaban J connectivity index is 2.63. The Labute approximate surface area is 73.2 Å². The van der Waals surface area contributed by atoms with Crippen LogP contribution in [-0.2, 0) is 10.0 Å². The van der Waals surface area contributed by atoms with Gasteiger partial charge in [0.05, 0.1) is 5.75 Å². The zero-order valence-corrected chi connectivity index (χ0v) is 7.89. The zero-order chi connectivity index (χ0) is 9.03. The summed E-state index contributed by atoms with van der Waals surface area (Å²) in [5, 5.41) is 0. The molecular weight excluding hydrogens is 174 g/mol. The summed E-state index contributed by atoms with van der Waals surface area (Å²) in [4.78, 5) is 0. The Kier molecular flexibility index (Phi) is 2.92. The molecular formula is C8H13NO2S. The van der Waals surface area contributed by atoms with Gasteiger partial charge in [0.25, 0.3) is 0 Å². The van der Waals surface area contributed by atoms with Gasteiger partial charge in [0.1, 0.15) is 0 Å². The van der Waals surface area contributed by atoms with Gasteiger partial charge in [-0.15, -0.1) is 0 Å². The van der Waals surface area contributed by atoms with Crippen LogP contribution in [0.5, 0.6) is 0 Å². The van der Waals surface area contributed by atoms with Crippen molar-refractivity contribution >= 4 is 10.0 Å². The van der Waals surface area contributed by atoms with Crippen LogP contribution in [0.25, 0.3) is 0 Å². The summed E-state index contributed by atoms with van der Waals surface area (Å²) in [6.07, 6.45) is 7.58. The third-order valence-electron chi connectivity index (χ3n) is 1.65. The Morgan fingerprint density at radius 3 is 2.75 bits per heavy atom. The molecule has 1 aliphatic carbocycles. The molecule has 1 N–H and O–H groups in total. The highest BCUT2D eigenvalue weighted by molar-refractivity contribution is 7.89. The molecule has 1 rings (SSSR count). The summed E-state index contributed by atoms with van der Waals surface area (Å²) in [7, 11) is -3.09. The molecule has 0 radical (unpaired) electrons. The van der Waals surface area contributed by atoms with E-state index in [2.05, 4.69) is 4.72 Å². The fourth-order valence-corrected chi connectivity index (χ4v) is 1.60. The Morgan fingerprint density at radius 2 is 2.25 bits per heavy atom. The largest absolute Gasteiger partial charge is 0.284 e. The van der Waals surface area contributed by atoms with E-state index in [0.717, 1.165) is 12.8 Å². The molecule has 0 saturated carbocycles. The lowest BCUT2D eigenvalue weighted by Gasteiger charge is -2.09. The van der Waals surface area contributed by atoms with Crippen LogP contribution in [0.2, 0.25) is 0 Å². The molecule has 3 nitrogen and oxygen atoms in total. The molecule has 0 atom stereocenters. The van der Waals surface area contributed by atoms with Gasteiger partial charge in [-0.2, -0.15) is 0 Å². The maximum Gasteiger partial charge on any atom is 0.232 e. The Morgan fingerprint density at radius 1 is 1.50 bits per heavy atom. The second kappa shape index (κ2) is 3.76. The zero-order valence-electron chi connectivity index (χ0n) is 7.08. The summed E-state index contributed by atoms with van der Waals surface area (Å²) in [6, 6.07) is 0. The summed E-state index contributed by atoms with van der Waals surface area (Å²) in [5.74, 6) is 0.123. The molecule has 0 saturated heterocycles. The van der Waals surface area contributed by atoms with Crippen LogP contribution in [0.3, 0.4) is 0 Å². The van der Waals surface area contributed by atoms with Gasteiger partial charge in [-0.1, -0.05) is 12.2 Å². The molecule has 0 bridgehead atoms. The predicted octanol–water partition coefficient (Wildman–Crippen LogP) is 1.16. The first-order valence-electron chi connectivity index (χ1n) is 4.01. The van der Waals surface area contributed by atoms with E-state index in [9.17, 15) is 8.42 Å². The van der Waals surface area contributed by atoms with Gasteiger partial charge in [-0.25, -0.2) is 8.42 Å². The van der Waals surface area contributed by atoms with E-state index in [1.807, 2.05) is 12.2 Å². The second-order valence-electron chi connectivity index (χ2n) is 2.64. The predicted molar refractivity (Wildman–Crippen MR) is 49.1 cm³/mol. The lowest BCUT2D eigenvalue weighted by Crippen LogP contribution is -2.24. The molecule has 0 aromatic carbocycles. The quantitative estimate of drug-likeness (QED) is 0.720. The van der Waals surface area contributed by atoms with Gasteiger partial charge in [0, 0.05) is 5.70 Å². The van der Waals surface area contributed by atoms with Crippen LogP contribution in [-0.4, -0.2) is 14.2 Å². The van der Waals surface area contributed by atoms with Crippen molar-refractivity contribution in [1.82, 2.24) is 4.72 Å². The Hall–Kier alpha value is -0.770. The molecule has 1 aliphatic rings. The molecule has 4 heteroatoms. The highest BCUT2D eigenvalue weighted by Gasteiger charge is 2.07. The highest BCUT2D eigenvalue weighted by atomic mass is 32.2. The van der Waals surface area contributed by atoms with Crippen LogP contribution in [0.4, 0.5) is 0 Å². The normalized spacial score (nSPS) is 17.2. The molecule has 12 heavy (non-hydrogen) atoms. The standard InChI is InChI=1S/C8H13NO2S/c1-2-12(10,11)9-8-6-4-3-5-7-8/h4,6-7,9H,2-3,5H2,1H3. The lowest BCUT2D eigenvalue weighted by molar-refractivity contribution is 0.590. The first-order chi connectivity index (χ1) is 5.64. The number of hydrogen-bond donors (Lipinski definition) is 1. The first-order valence-corrected chi connectivity index (χ1v) is 5.66. The maximum atomic E-state index is 11.1. The van der Waals surface area contributed by atoms with Crippen LogP contribution in [0, 0.1) is 0 Å². The Bertz CT molecular complexity index is 301. The lowest BCUT2D eigenvalue weighted by atomic mass is 10.2. The van der Waals surface area contributed by atoms with Crippen molar-refractivity contribution in [2.75, 3.05) is 5.75 Å². The van der Waals surface area contributed by atoms with E-state index < -0.39 is 10.0 Å². The monoisotopic (exact) mass is 187 g/mol. The molecule has 0 unspecified atom stereocenters. The maximum absolute atomic E-state index is 11.1. The van der Waals surface area contributed by atoms with Gasteiger partial charge in [-0.3, -0.25) is 4.72 Å². The number of hydrogen-bond acceptors (Lipinski definition) is 2. The van der Waals surface area contributed by atoms with Crippen molar-refractivity contribution in [3.8, 4) is 0 Å². The minimum atomic E-state index is -3.09. The van der Waals surface area contributed by atoms with Crippen LogP contribution < -0.4 is 4.72 Å². The molecule has 0 spiro atoms. The van der Waals surface area contributed by atoms with Crippen molar-refractivity contribution in [3.05, 3.63) is 23.9 Å². The van der Waals surface area contributed by atoms with E-state index in [1.165, 1.54) is 0 Å². The van der Waals surface area contributed by atoms with Gasteiger partial charge in [0.2, 0.25) is 10.0 Å². The number of rotatable bonds is 3. The van der Waals surface area contributed by atoms with Crippen molar-refractivity contribution in [2.24, 2.45) is 0 Å². The van der Waals surface area contributed by atoms with E-state index >= 15 is 0 Å². The average Bonchev–Trinajstić information content (AvgIpc) is 2.06. The molecule has 0 heterocycles. The van der Waals surface area contributed by atoms with Crippen LogP contribution in [0.1, 0.15) is 19.8 Å². The fourth-order valence-electron chi connectivity index (χ4n) is 0.941. The van der Waals surface area contributed by atoms with Crippen molar-refractivity contribution < 1.29 is 8.42 Å². The SMILES string of the molecule is CCS(=O)(=O)NC1=CCCC=C1. The van der Waals surface area contributed by atoms with Crippen LogP contribution >= 0.6 is 0 Å². The van der Waals surface area contributed by atoms with Crippen molar-refractivity contribution in [3.63, 3.8) is 0 Å². The third-order valence-corrected chi connectivity index (χ3v) is 2.96. The summed E-state index contributed by atoms with van der Waals surface area (Å²) < 4.78 is 24.7. The van der Waals surface area contributed by atoms with E-state index in [-0.39, 0.29) is 5.75 Å². The topological polar surface area (TPSA) is 46.2 Å². The summed E-state index contributed by atoms with van der Waals surface area (Å²) >= 11 is 0. The van der Waals surface area contributed by atoms with Crippen molar-refractivity contribution in [2.45, 2.75) is 19.8 Å². The fraction of sp³-hybridized carbons (Fsp3) is 0.500. The molecule has 0 fully saturated rings. The highest BCUT2D eigenvalue weighted by Crippen LogP contribution is 2.07.